The second kappa shape index (κ2) is 4.64. The van der Waals surface area contributed by atoms with Gasteiger partial charge in [-0.05, 0) is 63.1 Å². The maximum Gasteiger partial charge on any atom is 0.0195 e. The van der Waals surface area contributed by atoms with Crippen LogP contribution < -0.4 is 5.32 Å². The van der Waals surface area contributed by atoms with Gasteiger partial charge >= 0.3 is 0 Å². The van der Waals surface area contributed by atoms with Crippen LogP contribution in [0, 0.1) is 17.3 Å². The lowest BCUT2D eigenvalue weighted by Gasteiger charge is -2.57. The summed E-state index contributed by atoms with van der Waals surface area (Å²) in [5, 5.41) is 3.42. The van der Waals surface area contributed by atoms with Crippen LogP contribution in [-0.4, -0.2) is 37.6 Å². The van der Waals surface area contributed by atoms with Crippen LogP contribution in [0.5, 0.6) is 0 Å². The smallest absolute Gasteiger partial charge is 0.0195 e. The van der Waals surface area contributed by atoms with E-state index in [-0.39, 0.29) is 0 Å². The molecule has 1 saturated heterocycles. The molecule has 2 unspecified atom stereocenters. The molecule has 2 heteroatoms. The van der Waals surface area contributed by atoms with Crippen molar-refractivity contribution in [2.75, 3.05) is 26.7 Å². The van der Waals surface area contributed by atoms with Crippen LogP contribution in [0.1, 0.15) is 39.5 Å². The molecule has 18 heavy (non-hydrogen) atoms. The van der Waals surface area contributed by atoms with E-state index in [9.17, 15) is 0 Å². The molecular formula is C16H28N2. The molecule has 1 heterocycles. The second-order valence-corrected chi connectivity index (χ2v) is 7.16. The van der Waals surface area contributed by atoms with Crippen molar-refractivity contribution in [2.24, 2.45) is 17.3 Å². The van der Waals surface area contributed by atoms with Crippen LogP contribution in [0.25, 0.3) is 0 Å². The largest absolute Gasteiger partial charge is 0.317 e. The summed E-state index contributed by atoms with van der Waals surface area (Å²) in [6, 6.07) is 0.756. The quantitative estimate of drug-likeness (QED) is 0.773. The third-order valence-corrected chi connectivity index (χ3v) is 5.98. The lowest BCUT2D eigenvalue weighted by Crippen LogP contribution is -2.50. The van der Waals surface area contributed by atoms with E-state index < -0.39 is 0 Å². The van der Waals surface area contributed by atoms with Crippen molar-refractivity contribution in [2.45, 2.75) is 45.6 Å². The summed E-state index contributed by atoms with van der Waals surface area (Å²) in [5.41, 5.74) is 2.35. The fraction of sp³-hybridized carbons (Fsp3) is 0.875. The van der Waals surface area contributed by atoms with Gasteiger partial charge in [-0.2, -0.15) is 0 Å². The summed E-state index contributed by atoms with van der Waals surface area (Å²) < 4.78 is 0. The van der Waals surface area contributed by atoms with E-state index in [1.54, 1.807) is 5.57 Å². The SMILES string of the molecule is CNC1CCN(CC2=CCC3CC2C3(C)C)CC1. The predicted molar refractivity (Wildman–Crippen MR) is 76.6 cm³/mol. The van der Waals surface area contributed by atoms with E-state index in [1.807, 2.05) is 0 Å². The van der Waals surface area contributed by atoms with Gasteiger partial charge in [0, 0.05) is 12.6 Å². The monoisotopic (exact) mass is 248 g/mol. The molecule has 2 fully saturated rings. The summed E-state index contributed by atoms with van der Waals surface area (Å²) in [4.78, 5) is 2.68. The van der Waals surface area contributed by atoms with Gasteiger partial charge in [0.1, 0.15) is 0 Å². The molecular weight excluding hydrogens is 220 g/mol. The van der Waals surface area contributed by atoms with Gasteiger partial charge in [0.25, 0.3) is 0 Å². The van der Waals surface area contributed by atoms with Gasteiger partial charge in [-0.3, -0.25) is 4.90 Å². The Labute approximate surface area is 112 Å². The Balaban J connectivity index is 1.56. The van der Waals surface area contributed by atoms with Crippen molar-refractivity contribution in [1.29, 1.82) is 0 Å². The Hall–Kier alpha value is -0.340. The molecule has 0 spiro atoms. The molecule has 1 aliphatic heterocycles. The Morgan fingerprint density at radius 2 is 2.06 bits per heavy atom. The van der Waals surface area contributed by atoms with Crippen molar-refractivity contribution in [3.63, 3.8) is 0 Å². The zero-order chi connectivity index (χ0) is 12.8. The van der Waals surface area contributed by atoms with Crippen LogP contribution >= 0.6 is 0 Å². The lowest BCUT2D eigenvalue weighted by atomic mass is 9.49. The zero-order valence-corrected chi connectivity index (χ0v) is 12.2. The number of nitrogens with zero attached hydrogens (tertiary/aromatic N) is 1. The van der Waals surface area contributed by atoms with E-state index in [1.165, 1.54) is 45.3 Å². The number of piperidine rings is 1. The van der Waals surface area contributed by atoms with E-state index >= 15 is 0 Å². The molecule has 4 rings (SSSR count). The van der Waals surface area contributed by atoms with Crippen LogP contribution in [-0.2, 0) is 0 Å². The van der Waals surface area contributed by atoms with Gasteiger partial charge in [0.15, 0.2) is 0 Å². The average molecular weight is 248 g/mol. The molecule has 2 atom stereocenters. The first-order valence-corrected chi connectivity index (χ1v) is 7.70. The summed E-state index contributed by atoms with van der Waals surface area (Å²) in [6.45, 7) is 8.76. The van der Waals surface area contributed by atoms with Crippen LogP contribution in [0.2, 0.25) is 0 Å². The standard InChI is InChI=1S/C16H28N2/c1-16(2)13-5-4-12(15(16)10-13)11-18-8-6-14(17-3)7-9-18/h4,13-15,17H,5-11H2,1-3H3. The van der Waals surface area contributed by atoms with Gasteiger partial charge in [0.05, 0.1) is 0 Å². The second-order valence-electron chi connectivity index (χ2n) is 7.16. The highest BCUT2D eigenvalue weighted by Crippen LogP contribution is 2.59. The minimum absolute atomic E-state index is 0.591. The minimum Gasteiger partial charge on any atom is -0.317 e. The average Bonchev–Trinajstić information content (AvgIpc) is 2.39. The molecule has 0 aromatic rings. The lowest BCUT2D eigenvalue weighted by molar-refractivity contribution is -0.0113. The third-order valence-electron chi connectivity index (χ3n) is 5.98. The third kappa shape index (κ3) is 2.04. The normalized spacial score (nSPS) is 36.1. The van der Waals surface area contributed by atoms with Crippen molar-refractivity contribution < 1.29 is 0 Å². The van der Waals surface area contributed by atoms with E-state index in [4.69, 9.17) is 0 Å². The van der Waals surface area contributed by atoms with Crippen LogP contribution in [0.3, 0.4) is 0 Å². The van der Waals surface area contributed by atoms with Gasteiger partial charge in [-0.15, -0.1) is 0 Å². The first-order chi connectivity index (χ1) is 8.61. The molecule has 2 nitrogen and oxygen atoms in total. The summed E-state index contributed by atoms with van der Waals surface area (Å²) in [6.07, 6.45) is 8.01. The molecule has 0 amide bonds. The zero-order valence-electron chi connectivity index (χ0n) is 12.2. The Kier molecular flexibility index (Phi) is 3.27. The number of likely N-dealkylation sites (tertiary alicyclic amines) is 1. The number of hydrogen-bond acceptors (Lipinski definition) is 2. The Morgan fingerprint density at radius 1 is 1.33 bits per heavy atom. The fourth-order valence-corrected chi connectivity index (χ4v) is 4.29. The summed E-state index contributed by atoms with van der Waals surface area (Å²) in [5.74, 6) is 1.86. The molecule has 1 N–H and O–H groups in total. The number of allylic oxidation sites excluding steroid dienone is 1. The molecule has 4 aliphatic rings. The molecule has 102 valence electrons. The number of hydrogen-bond donors (Lipinski definition) is 1. The molecule has 2 bridgehead atoms. The predicted octanol–water partition coefficient (Wildman–Crippen LogP) is 2.66. The number of nitrogens with one attached hydrogen (secondary N) is 1. The first kappa shape index (κ1) is 12.7. The van der Waals surface area contributed by atoms with E-state index in [2.05, 4.69) is 37.2 Å². The van der Waals surface area contributed by atoms with Crippen molar-refractivity contribution in [1.82, 2.24) is 10.2 Å². The van der Waals surface area contributed by atoms with Crippen LogP contribution in [0.15, 0.2) is 11.6 Å². The molecule has 0 aromatic heterocycles. The van der Waals surface area contributed by atoms with E-state index in [0.717, 1.165) is 17.9 Å². The van der Waals surface area contributed by atoms with Crippen LogP contribution in [0.4, 0.5) is 0 Å². The van der Waals surface area contributed by atoms with Gasteiger partial charge in [-0.25, -0.2) is 0 Å². The number of rotatable bonds is 3. The fourth-order valence-electron chi connectivity index (χ4n) is 4.29. The summed E-state index contributed by atoms with van der Waals surface area (Å²) >= 11 is 0. The first-order valence-electron chi connectivity index (χ1n) is 7.70. The van der Waals surface area contributed by atoms with Gasteiger partial charge < -0.3 is 5.32 Å². The maximum atomic E-state index is 3.42. The topological polar surface area (TPSA) is 15.3 Å². The van der Waals surface area contributed by atoms with Crippen molar-refractivity contribution in [3.05, 3.63) is 11.6 Å². The molecule has 3 aliphatic carbocycles. The highest BCUT2D eigenvalue weighted by atomic mass is 15.1. The maximum absolute atomic E-state index is 3.42. The Morgan fingerprint density at radius 3 is 2.61 bits per heavy atom. The molecule has 0 aromatic carbocycles. The highest BCUT2D eigenvalue weighted by molar-refractivity contribution is 5.24. The minimum atomic E-state index is 0.591. The number of fused-ring (bicyclic) bond motifs is 1. The van der Waals surface area contributed by atoms with Gasteiger partial charge in [0.2, 0.25) is 0 Å². The van der Waals surface area contributed by atoms with Gasteiger partial charge in [-0.1, -0.05) is 25.5 Å². The summed E-state index contributed by atoms with van der Waals surface area (Å²) in [7, 11) is 2.10. The van der Waals surface area contributed by atoms with Crippen molar-refractivity contribution in [3.8, 4) is 0 Å². The molecule has 1 saturated carbocycles. The van der Waals surface area contributed by atoms with E-state index in [0.29, 0.717) is 5.41 Å². The Bertz CT molecular complexity index is 337. The highest BCUT2D eigenvalue weighted by Gasteiger charge is 2.51. The van der Waals surface area contributed by atoms with Crippen molar-refractivity contribution >= 4 is 0 Å². The molecule has 0 radical (unpaired) electrons.